The molecule has 0 N–H and O–H groups in total. The summed E-state index contributed by atoms with van der Waals surface area (Å²) in [5.74, 6) is 1.13. The van der Waals surface area contributed by atoms with E-state index in [1.165, 1.54) is 4.90 Å². The van der Waals surface area contributed by atoms with Crippen LogP contribution in [0.2, 0.25) is 5.02 Å². The monoisotopic (exact) mass is 361 g/mol. The Morgan fingerprint density at radius 1 is 1.12 bits per heavy atom. The van der Waals surface area contributed by atoms with Gasteiger partial charge < -0.3 is 9.47 Å². The van der Waals surface area contributed by atoms with Crippen molar-refractivity contribution in [2.45, 2.75) is 11.7 Å². The number of carbonyl (C=O) groups is 2. The minimum atomic E-state index is -0.461. The first-order valence-electron chi connectivity index (χ1n) is 7.30. The van der Waals surface area contributed by atoms with Crippen LogP contribution in [0.3, 0.4) is 0 Å². The molecule has 2 aromatic rings. The van der Waals surface area contributed by atoms with Crippen molar-refractivity contribution in [3.63, 3.8) is 0 Å². The zero-order valence-electron chi connectivity index (χ0n) is 12.4. The first kappa shape index (κ1) is 15.4. The number of nitrogens with zero attached hydrogens (tertiary/aromatic N) is 1. The summed E-state index contributed by atoms with van der Waals surface area (Å²) in [5, 5.41) is -0.262. The molecule has 7 heteroatoms. The summed E-state index contributed by atoms with van der Waals surface area (Å²) >= 11 is 6.99. The molecule has 2 aliphatic heterocycles. The van der Waals surface area contributed by atoms with Crippen LogP contribution < -0.4 is 14.4 Å². The van der Waals surface area contributed by atoms with E-state index in [0.29, 0.717) is 28.6 Å². The van der Waals surface area contributed by atoms with Gasteiger partial charge in [0.05, 0.1) is 10.9 Å². The van der Waals surface area contributed by atoms with Crippen molar-refractivity contribution in [2.24, 2.45) is 0 Å². The van der Waals surface area contributed by atoms with Gasteiger partial charge in [-0.05, 0) is 42.3 Å². The number of hydrogen-bond acceptors (Lipinski definition) is 5. The van der Waals surface area contributed by atoms with Crippen molar-refractivity contribution in [3.8, 4) is 11.5 Å². The summed E-state index contributed by atoms with van der Waals surface area (Å²) in [6.45, 7) is 0.205. The maximum atomic E-state index is 12.7. The van der Waals surface area contributed by atoms with Gasteiger partial charge in [0.15, 0.2) is 11.5 Å². The lowest BCUT2D eigenvalue weighted by atomic mass is 10.1. The van der Waals surface area contributed by atoms with E-state index in [1.807, 2.05) is 18.2 Å². The number of anilines is 1. The average molecular weight is 362 g/mol. The topological polar surface area (TPSA) is 55.8 Å². The third kappa shape index (κ3) is 2.72. The normalized spacial score (nSPS) is 19.2. The lowest BCUT2D eigenvalue weighted by Gasteiger charge is -2.14. The van der Waals surface area contributed by atoms with Crippen LogP contribution >= 0.6 is 23.4 Å². The average Bonchev–Trinajstić information content (AvgIpc) is 3.12. The Balaban J connectivity index is 1.55. The zero-order chi connectivity index (χ0) is 16.7. The van der Waals surface area contributed by atoms with E-state index in [1.54, 1.807) is 24.3 Å². The molecule has 2 aliphatic rings. The highest BCUT2D eigenvalue weighted by atomic mass is 35.5. The molecule has 0 unspecified atom stereocenters. The summed E-state index contributed by atoms with van der Waals surface area (Å²) in [6, 6.07) is 12.3. The number of fused-ring (bicyclic) bond motifs is 1. The molecular weight excluding hydrogens is 350 g/mol. The number of rotatable bonds is 3. The lowest BCUT2D eigenvalue weighted by molar-refractivity contribution is -0.117. The van der Waals surface area contributed by atoms with Gasteiger partial charge in [-0.1, -0.05) is 35.5 Å². The van der Waals surface area contributed by atoms with Gasteiger partial charge in [0.2, 0.25) is 12.7 Å². The van der Waals surface area contributed by atoms with Gasteiger partial charge in [0, 0.05) is 5.02 Å². The fourth-order valence-electron chi connectivity index (χ4n) is 2.72. The van der Waals surface area contributed by atoms with Crippen molar-refractivity contribution in [1.29, 1.82) is 0 Å². The van der Waals surface area contributed by atoms with E-state index in [9.17, 15) is 9.59 Å². The molecule has 0 bridgehead atoms. The molecule has 122 valence electrons. The molecular formula is C17H12ClNO4S. The molecule has 0 spiro atoms. The Bertz CT molecular complexity index is 841. The van der Waals surface area contributed by atoms with Gasteiger partial charge in [0.1, 0.15) is 0 Å². The molecule has 2 heterocycles. The van der Waals surface area contributed by atoms with E-state index in [2.05, 4.69) is 0 Å². The highest BCUT2D eigenvalue weighted by molar-refractivity contribution is 8.15. The number of benzene rings is 2. The quantitative estimate of drug-likeness (QED) is 0.830. The van der Waals surface area contributed by atoms with Gasteiger partial charge in [-0.15, -0.1) is 0 Å². The Kier molecular flexibility index (Phi) is 3.86. The summed E-state index contributed by atoms with van der Waals surface area (Å²) in [6.07, 6.45) is 0.447. The minimum Gasteiger partial charge on any atom is -0.454 e. The number of imide groups is 1. The zero-order valence-corrected chi connectivity index (χ0v) is 14.0. The molecule has 4 rings (SSSR count). The van der Waals surface area contributed by atoms with Crippen molar-refractivity contribution >= 4 is 40.2 Å². The van der Waals surface area contributed by atoms with Crippen LogP contribution in [0.25, 0.3) is 0 Å². The van der Waals surface area contributed by atoms with Crippen molar-refractivity contribution in [2.75, 3.05) is 11.7 Å². The lowest BCUT2D eigenvalue weighted by Crippen LogP contribution is -2.32. The minimum absolute atomic E-state index is 0.205. The van der Waals surface area contributed by atoms with E-state index in [-0.39, 0.29) is 17.9 Å². The molecule has 0 aromatic heterocycles. The summed E-state index contributed by atoms with van der Waals surface area (Å²) in [7, 11) is 0. The fraction of sp³-hybridized carbons (Fsp3) is 0.176. The van der Waals surface area contributed by atoms with Crippen molar-refractivity contribution < 1.29 is 19.1 Å². The van der Waals surface area contributed by atoms with E-state index >= 15 is 0 Å². The summed E-state index contributed by atoms with van der Waals surface area (Å²) < 4.78 is 10.6. The molecule has 0 radical (unpaired) electrons. The SMILES string of the molecule is O=C1S[C@@H](Cc2ccc3c(c2)OCO3)C(=O)N1c1cccc(Cl)c1. The van der Waals surface area contributed by atoms with Crippen molar-refractivity contribution in [3.05, 3.63) is 53.1 Å². The van der Waals surface area contributed by atoms with Crippen LogP contribution in [0.1, 0.15) is 5.56 Å². The van der Waals surface area contributed by atoms with Crippen LogP contribution in [0.5, 0.6) is 11.5 Å². The number of halogens is 1. The standard InChI is InChI=1S/C17H12ClNO4S/c18-11-2-1-3-12(8-11)19-16(20)15(24-17(19)21)7-10-4-5-13-14(6-10)23-9-22-13/h1-6,8,15H,7,9H2/t15-/m0/s1. The van der Waals surface area contributed by atoms with Crippen molar-refractivity contribution in [1.82, 2.24) is 0 Å². The van der Waals surface area contributed by atoms with Gasteiger partial charge in [-0.3, -0.25) is 9.59 Å². The Hall–Kier alpha value is -2.18. The maximum Gasteiger partial charge on any atom is 0.293 e. The highest BCUT2D eigenvalue weighted by Crippen LogP contribution is 2.37. The van der Waals surface area contributed by atoms with Gasteiger partial charge in [-0.2, -0.15) is 0 Å². The van der Waals surface area contributed by atoms with Crippen LogP contribution in [0.4, 0.5) is 10.5 Å². The third-order valence-corrected chi connectivity index (χ3v) is 5.12. The smallest absolute Gasteiger partial charge is 0.293 e. The van der Waals surface area contributed by atoms with Crippen LogP contribution in [-0.2, 0) is 11.2 Å². The summed E-state index contributed by atoms with van der Waals surface area (Å²) in [4.78, 5) is 26.1. The second-order valence-electron chi connectivity index (χ2n) is 5.42. The highest BCUT2D eigenvalue weighted by Gasteiger charge is 2.40. The molecule has 2 amide bonds. The fourth-order valence-corrected chi connectivity index (χ4v) is 3.93. The molecule has 0 aliphatic carbocycles. The van der Waals surface area contributed by atoms with Crippen LogP contribution in [-0.4, -0.2) is 23.2 Å². The van der Waals surface area contributed by atoms with Gasteiger partial charge in [-0.25, -0.2) is 4.90 Å². The Labute approximate surface area is 147 Å². The van der Waals surface area contributed by atoms with E-state index < -0.39 is 5.25 Å². The Morgan fingerprint density at radius 3 is 2.79 bits per heavy atom. The maximum absolute atomic E-state index is 12.7. The number of ether oxygens (including phenoxy) is 2. The second-order valence-corrected chi connectivity index (χ2v) is 7.01. The number of amides is 2. The van der Waals surface area contributed by atoms with E-state index in [4.69, 9.17) is 21.1 Å². The molecule has 1 atom stereocenters. The first-order chi connectivity index (χ1) is 11.6. The molecule has 24 heavy (non-hydrogen) atoms. The van der Waals surface area contributed by atoms with Gasteiger partial charge in [0.25, 0.3) is 5.24 Å². The molecule has 1 saturated heterocycles. The second kappa shape index (κ2) is 6.03. The largest absolute Gasteiger partial charge is 0.454 e. The van der Waals surface area contributed by atoms with E-state index in [0.717, 1.165) is 17.3 Å². The van der Waals surface area contributed by atoms with Crippen LogP contribution in [0.15, 0.2) is 42.5 Å². The van der Waals surface area contributed by atoms with Gasteiger partial charge >= 0.3 is 0 Å². The molecule has 1 fully saturated rings. The number of hydrogen-bond donors (Lipinski definition) is 0. The predicted octanol–water partition coefficient (Wildman–Crippen LogP) is 3.88. The third-order valence-electron chi connectivity index (χ3n) is 3.85. The van der Waals surface area contributed by atoms with Crippen LogP contribution in [0, 0.1) is 0 Å². The molecule has 5 nitrogen and oxygen atoms in total. The molecule has 0 saturated carbocycles. The first-order valence-corrected chi connectivity index (χ1v) is 8.56. The predicted molar refractivity (Wildman–Crippen MR) is 92.0 cm³/mol. The Morgan fingerprint density at radius 2 is 1.96 bits per heavy atom. The number of carbonyl (C=O) groups excluding carboxylic acids is 2. The molecule has 2 aromatic carbocycles. The summed E-state index contributed by atoms with van der Waals surface area (Å²) in [5.41, 5.74) is 1.42. The number of thioether (sulfide) groups is 1.